The molecule has 1 aromatic heterocycles. The molecular weight excluding hydrogens is 358 g/mol. The molecule has 3 rings (SSSR count). The maximum atomic E-state index is 12.4. The SMILES string of the molecule is O=C(O)/C=C/C(=O)NNC(=O)c1cnccc1Cc1ccc2ccccc2c1. The molecule has 0 unspecified atom stereocenters. The van der Waals surface area contributed by atoms with Crippen molar-refractivity contribution in [2.45, 2.75) is 6.42 Å². The molecule has 0 radical (unpaired) electrons. The van der Waals surface area contributed by atoms with Crippen LogP contribution in [0.1, 0.15) is 21.5 Å². The molecule has 0 saturated carbocycles. The highest BCUT2D eigenvalue weighted by molar-refractivity contribution is 5.99. The number of amides is 2. The lowest BCUT2D eigenvalue weighted by Gasteiger charge is -2.10. The quantitative estimate of drug-likeness (QED) is 0.468. The summed E-state index contributed by atoms with van der Waals surface area (Å²) in [6, 6.07) is 15.9. The molecule has 0 bridgehead atoms. The predicted molar refractivity (Wildman–Crippen MR) is 103 cm³/mol. The van der Waals surface area contributed by atoms with Gasteiger partial charge < -0.3 is 5.11 Å². The highest BCUT2D eigenvalue weighted by Gasteiger charge is 2.13. The fourth-order valence-corrected chi connectivity index (χ4v) is 2.72. The molecular formula is C21H17N3O4. The predicted octanol–water partition coefficient (Wildman–Crippen LogP) is 2.23. The van der Waals surface area contributed by atoms with Crippen LogP contribution in [0.4, 0.5) is 0 Å². The van der Waals surface area contributed by atoms with E-state index in [1.54, 1.807) is 12.3 Å². The summed E-state index contributed by atoms with van der Waals surface area (Å²) in [6.45, 7) is 0. The third kappa shape index (κ3) is 4.79. The van der Waals surface area contributed by atoms with Crippen LogP contribution in [-0.4, -0.2) is 27.9 Å². The number of carbonyl (C=O) groups excluding carboxylic acids is 2. The van der Waals surface area contributed by atoms with Gasteiger partial charge in [-0.05, 0) is 34.4 Å². The van der Waals surface area contributed by atoms with Gasteiger partial charge in [0, 0.05) is 24.5 Å². The summed E-state index contributed by atoms with van der Waals surface area (Å²) >= 11 is 0. The van der Waals surface area contributed by atoms with Crippen LogP contribution in [0, 0.1) is 0 Å². The molecule has 0 aliphatic heterocycles. The Bertz CT molecular complexity index is 1080. The van der Waals surface area contributed by atoms with E-state index in [2.05, 4.69) is 21.9 Å². The summed E-state index contributed by atoms with van der Waals surface area (Å²) in [6.07, 6.45) is 5.02. The number of aromatic nitrogens is 1. The van der Waals surface area contributed by atoms with Crippen molar-refractivity contribution >= 4 is 28.6 Å². The van der Waals surface area contributed by atoms with Crippen LogP contribution in [0.25, 0.3) is 10.8 Å². The summed E-state index contributed by atoms with van der Waals surface area (Å²) in [5.41, 5.74) is 6.49. The maximum Gasteiger partial charge on any atom is 0.328 e. The van der Waals surface area contributed by atoms with Gasteiger partial charge in [0.1, 0.15) is 0 Å². The number of nitrogens with one attached hydrogen (secondary N) is 2. The van der Waals surface area contributed by atoms with Crippen LogP contribution in [0.3, 0.4) is 0 Å². The van der Waals surface area contributed by atoms with E-state index in [-0.39, 0.29) is 0 Å². The van der Waals surface area contributed by atoms with Crippen LogP contribution >= 0.6 is 0 Å². The number of carbonyl (C=O) groups is 3. The molecule has 0 spiro atoms. The lowest BCUT2D eigenvalue weighted by Crippen LogP contribution is -2.41. The largest absolute Gasteiger partial charge is 0.478 e. The number of carboxylic acids is 1. The zero-order valence-electron chi connectivity index (χ0n) is 14.8. The van der Waals surface area contributed by atoms with Gasteiger partial charge in [0.05, 0.1) is 5.56 Å². The number of pyridine rings is 1. The number of hydrogen-bond acceptors (Lipinski definition) is 4. The topological polar surface area (TPSA) is 108 Å². The lowest BCUT2D eigenvalue weighted by atomic mass is 9.99. The van der Waals surface area contributed by atoms with Crippen LogP contribution in [0.15, 0.2) is 73.1 Å². The third-order valence-electron chi connectivity index (χ3n) is 4.04. The van der Waals surface area contributed by atoms with Gasteiger partial charge >= 0.3 is 5.97 Å². The van der Waals surface area contributed by atoms with Gasteiger partial charge in [-0.15, -0.1) is 0 Å². The van der Waals surface area contributed by atoms with E-state index in [4.69, 9.17) is 5.11 Å². The first kappa shape index (κ1) is 18.8. The molecule has 0 fully saturated rings. The number of aliphatic carboxylic acids is 1. The molecule has 140 valence electrons. The first-order chi connectivity index (χ1) is 13.5. The number of rotatable bonds is 5. The molecule has 7 nitrogen and oxygen atoms in total. The van der Waals surface area contributed by atoms with Crippen molar-refractivity contribution in [2.24, 2.45) is 0 Å². The molecule has 7 heteroatoms. The van der Waals surface area contributed by atoms with E-state index in [0.29, 0.717) is 18.1 Å². The minimum Gasteiger partial charge on any atom is -0.478 e. The minimum absolute atomic E-state index is 0.318. The highest BCUT2D eigenvalue weighted by Crippen LogP contribution is 2.19. The summed E-state index contributed by atoms with van der Waals surface area (Å²) in [5.74, 6) is -2.55. The Morgan fingerprint density at radius 3 is 2.54 bits per heavy atom. The second-order valence-corrected chi connectivity index (χ2v) is 6.01. The normalized spacial score (nSPS) is 10.7. The summed E-state index contributed by atoms with van der Waals surface area (Å²) in [7, 11) is 0. The average molecular weight is 375 g/mol. The molecule has 3 N–H and O–H groups in total. The van der Waals surface area contributed by atoms with Crippen LogP contribution in [0.2, 0.25) is 0 Å². The Kier molecular flexibility index (Phi) is 5.76. The van der Waals surface area contributed by atoms with Crippen molar-refractivity contribution < 1.29 is 19.5 Å². The van der Waals surface area contributed by atoms with Gasteiger partial charge in [-0.25, -0.2) is 4.79 Å². The standard InChI is InChI=1S/C21H17N3O4/c25-19(7-8-20(26)27)23-24-21(28)18-13-22-10-9-17(18)12-14-5-6-15-3-1-2-4-16(15)11-14/h1-11,13H,12H2,(H,23,25)(H,24,28)(H,26,27)/b8-7+. The highest BCUT2D eigenvalue weighted by atomic mass is 16.4. The van der Waals surface area contributed by atoms with Crippen molar-refractivity contribution in [1.82, 2.24) is 15.8 Å². The van der Waals surface area contributed by atoms with E-state index < -0.39 is 17.8 Å². The molecule has 0 aliphatic rings. The van der Waals surface area contributed by atoms with Gasteiger partial charge in [-0.3, -0.25) is 25.4 Å². The van der Waals surface area contributed by atoms with Crippen molar-refractivity contribution in [1.29, 1.82) is 0 Å². The van der Waals surface area contributed by atoms with Crippen LogP contribution in [0.5, 0.6) is 0 Å². The molecule has 3 aromatic rings. The number of nitrogens with zero attached hydrogens (tertiary/aromatic N) is 1. The number of carboxylic acid groups (broad SMARTS) is 1. The third-order valence-corrected chi connectivity index (χ3v) is 4.04. The molecule has 1 heterocycles. The number of hydrazine groups is 1. The summed E-state index contributed by atoms with van der Waals surface area (Å²) < 4.78 is 0. The van der Waals surface area contributed by atoms with Gasteiger partial charge in [-0.2, -0.15) is 0 Å². The first-order valence-corrected chi connectivity index (χ1v) is 8.45. The molecule has 2 amide bonds. The van der Waals surface area contributed by atoms with Gasteiger partial charge in [0.15, 0.2) is 0 Å². The zero-order valence-corrected chi connectivity index (χ0v) is 14.8. The first-order valence-electron chi connectivity index (χ1n) is 8.45. The molecule has 2 aromatic carbocycles. The van der Waals surface area contributed by atoms with E-state index >= 15 is 0 Å². The van der Waals surface area contributed by atoms with Crippen LogP contribution in [-0.2, 0) is 16.0 Å². The number of benzene rings is 2. The second-order valence-electron chi connectivity index (χ2n) is 6.01. The van der Waals surface area contributed by atoms with E-state index in [1.165, 1.54) is 6.20 Å². The van der Waals surface area contributed by atoms with Crippen molar-refractivity contribution in [3.63, 3.8) is 0 Å². The van der Waals surface area contributed by atoms with E-state index in [1.807, 2.05) is 36.4 Å². The Labute approximate surface area is 160 Å². The second kappa shape index (κ2) is 8.59. The lowest BCUT2D eigenvalue weighted by molar-refractivity contribution is -0.131. The number of fused-ring (bicyclic) bond motifs is 1. The smallest absolute Gasteiger partial charge is 0.328 e. The van der Waals surface area contributed by atoms with Crippen molar-refractivity contribution in [3.8, 4) is 0 Å². The Morgan fingerprint density at radius 2 is 1.75 bits per heavy atom. The van der Waals surface area contributed by atoms with Gasteiger partial charge in [0.25, 0.3) is 11.8 Å². The molecule has 0 saturated heterocycles. The molecule has 28 heavy (non-hydrogen) atoms. The van der Waals surface area contributed by atoms with Gasteiger partial charge in [-0.1, -0.05) is 42.5 Å². The monoisotopic (exact) mass is 375 g/mol. The van der Waals surface area contributed by atoms with E-state index in [9.17, 15) is 14.4 Å². The summed E-state index contributed by atoms with van der Waals surface area (Å²) in [5, 5.41) is 10.7. The summed E-state index contributed by atoms with van der Waals surface area (Å²) in [4.78, 5) is 38.3. The van der Waals surface area contributed by atoms with Crippen molar-refractivity contribution in [2.75, 3.05) is 0 Å². The maximum absolute atomic E-state index is 12.4. The number of hydrogen-bond donors (Lipinski definition) is 3. The fourth-order valence-electron chi connectivity index (χ4n) is 2.72. The minimum atomic E-state index is -1.26. The Balaban J connectivity index is 1.73. The fraction of sp³-hybridized carbons (Fsp3) is 0.0476. The van der Waals surface area contributed by atoms with Crippen LogP contribution < -0.4 is 10.9 Å². The Morgan fingerprint density at radius 1 is 0.964 bits per heavy atom. The molecule has 0 atom stereocenters. The van der Waals surface area contributed by atoms with Gasteiger partial charge in [0.2, 0.25) is 0 Å². The van der Waals surface area contributed by atoms with Crippen molar-refractivity contribution in [3.05, 3.63) is 89.8 Å². The Hall–Kier alpha value is -4.00. The zero-order chi connectivity index (χ0) is 19.9. The van der Waals surface area contributed by atoms with E-state index in [0.717, 1.165) is 28.0 Å². The molecule has 0 aliphatic carbocycles. The average Bonchev–Trinajstić information content (AvgIpc) is 2.70.